The van der Waals surface area contributed by atoms with Crippen LogP contribution in [0.3, 0.4) is 0 Å². The Morgan fingerprint density at radius 2 is 0.836 bits per heavy atom. The Bertz CT molecular complexity index is 3420. The zero-order valence-electron chi connectivity index (χ0n) is 33.3. The van der Waals surface area contributed by atoms with Crippen molar-refractivity contribution in [3.63, 3.8) is 0 Å². The van der Waals surface area contributed by atoms with Gasteiger partial charge in [0, 0.05) is 16.7 Å². The Hall–Kier alpha value is -7.94. The van der Waals surface area contributed by atoms with Gasteiger partial charge in [0.25, 0.3) is 0 Å². The van der Waals surface area contributed by atoms with Crippen LogP contribution in [0.15, 0.2) is 231 Å². The normalized spacial score (nSPS) is 12.7. The second kappa shape index (κ2) is 14.1. The molecule has 61 heavy (non-hydrogen) atoms. The van der Waals surface area contributed by atoms with Crippen molar-refractivity contribution in [2.75, 3.05) is 0 Å². The molecule has 0 bridgehead atoms. The molecule has 1 heterocycles. The molecule has 0 saturated heterocycles. The molecule has 0 amide bonds. The molecule has 0 unspecified atom stereocenters. The van der Waals surface area contributed by atoms with E-state index >= 15 is 0 Å². The first-order chi connectivity index (χ1) is 30.3. The van der Waals surface area contributed by atoms with E-state index < -0.39 is 5.41 Å². The Balaban J connectivity index is 1.12. The molecular weight excluding hydrogens is 737 g/mol. The molecule has 0 saturated carbocycles. The van der Waals surface area contributed by atoms with Crippen LogP contribution in [0.2, 0.25) is 0 Å². The van der Waals surface area contributed by atoms with Crippen molar-refractivity contribution in [1.82, 2.24) is 9.97 Å². The second-order valence-corrected chi connectivity index (χ2v) is 16.0. The Labute approximate surface area is 355 Å². The van der Waals surface area contributed by atoms with Crippen LogP contribution in [0.5, 0.6) is 0 Å². The number of hydrogen-bond donors (Lipinski definition) is 0. The average molecular weight is 775 g/mol. The van der Waals surface area contributed by atoms with E-state index in [0.29, 0.717) is 5.82 Å². The fourth-order valence-corrected chi connectivity index (χ4v) is 10.1. The number of aromatic nitrogens is 2. The van der Waals surface area contributed by atoms with E-state index in [1.807, 2.05) is 6.07 Å². The zero-order valence-corrected chi connectivity index (χ0v) is 33.3. The molecule has 12 rings (SSSR count). The zero-order chi connectivity index (χ0) is 40.3. The van der Waals surface area contributed by atoms with Crippen molar-refractivity contribution in [2.24, 2.45) is 0 Å². The van der Waals surface area contributed by atoms with Crippen LogP contribution in [0.25, 0.3) is 88.5 Å². The van der Waals surface area contributed by atoms with Crippen molar-refractivity contribution in [3.8, 4) is 56.2 Å². The lowest BCUT2D eigenvalue weighted by Gasteiger charge is -2.34. The first-order valence-electron chi connectivity index (χ1n) is 21.0. The van der Waals surface area contributed by atoms with Crippen LogP contribution in [0, 0.1) is 0 Å². The lowest BCUT2D eigenvalue weighted by Crippen LogP contribution is -2.28. The molecule has 1 aromatic heterocycles. The van der Waals surface area contributed by atoms with Crippen LogP contribution < -0.4 is 0 Å². The quantitative estimate of drug-likeness (QED) is 0.168. The molecule has 284 valence electrons. The Morgan fingerprint density at radius 1 is 0.295 bits per heavy atom. The molecule has 0 atom stereocenters. The molecular formula is C59H38N2. The van der Waals surface area contributed by atoms with Crippen molar-refractivity contribution in [3.05, 3.63) is 253 Å². The van der Waals surface area contributed by atoms with E-state index in [1.165, 1.54) is 66.1 Å². The van der Waals surface area contributed by atoms with Gasteiger partial charge < -0.3 is 0 Å². The Kier molecular flexibility index (Phi) is 8.11. The third kappa shape index (κ3) is 5.50. The smallest absolute Gasteiger partial charge is 0.161 e. The fourth-order valence-electron chi connectivity index (χ4n) is 10.1. The van der Waals surface area contributed by atoms with Crippen molar-refractivity contribution in [2.45, 2.75) is 5.41 Å². The van der Waals surface area contributed by atoms with Crippen molar-refractivity contribution in [1.29, 1.82) is 0 Å². The van der Waals surface area contributed by atoms with Crippen LogP contribution in [-0.2, 0) is 5.41 Å². The minimum absolute atomic E-state index is 0.520. The summed E-state index contributed by atoms with van der Waals surface area (Å²) in [7, 11) is 0. The van der Waals surface area contributed by atoms with Gasteiger partial charge in [-0.3, -0.25) is 0 Å². The summed E-state index contributed by atoms with van der Waals surface area (Å²) < 4.78 is 0. The summed E-state index contributed by atoms with van der Waals surface area (Å²) in [5.74, 6) is 0.703. The van der Waals surface area contributed by atoms with Crippen molar-refractivity contribution < 1.29 is 0 Å². The highest BCUT2D eigenvalue weighted by Gasteiger charge is 2.47. The summed E-state index contributed by atoms with van der Waals surface area (Å²) >= 11 is 0. The fraction of sp³-hybridized carbons (Fsp3) is 0.0169. The van der Waals surface area contributed by atoms with Gasteiger partial charge >= 0.3 is 0 Å². The molecule has 10 aromatic carbocycles. The highest BCUT2D eigenvalue weighted by atomic mass is 14.9. The minimum atomic E-state index is -0.520. The molecule has 11 aromatic rings. The number of hydrogen-bond acceptors (Lipinski definition) is 2. The van der Waals surface area contributed by atoms with E-state index in [0.717, 1.165) is 38.9 Å². The average Bonchev–Trinajstić information content (AvgIpc) is 3.66. The maximum atomic E-state index is 5.36. The summed E-state index contributed by atoms with van der Waals surface area (Å²) in [6.45, 7) is 0. The van der Waals surface area contributed by atoms with Gasteiger partial charge in [-0.15, -0.1) is 0 Å². The number of fused-ring (bicyclic) bond motifs is 7. The molecule has 0 aliphatic heterocycles. The van der Waals surface area contributed by atoms with E-state index in [2.05, 4.69) is 224 Å². The van der Waals surface area contributed by atoms with Gasteiger partial charge in [0.2, 0.25) is 0 Å². The van der Waals surface area contributed by atoms with Gasteiger partial charge in [-0.25, -0.2) is 9.97 Å². The van der Waals surface area contributed by atoms with E-state index in [9.17, 15) is 0 Å². The summed E-state index contributed by atoms with van der Waals surface area (Å²) in [5, 5.41) is 7.16. The second-order valence-electron chi connectivity index (χ2n) is 16.0. The van der Waals surface area contributed by atoms with Gasteiger partial charge in [-0.1, -0.05) is 212 Å². The standard InChI is InChI=1S/C59H38N2/c1-4-19-41(20-5-1)54-38-55(43-32-31-39-17-10-11-21-42(39)37-43)61-58(60-54)51-35-34-49(47-27-14-15-28-48(47)51)50-29-16-30-52-57(50)56-46-26-13-12-18-40(46)33-36-53(56)59(52,44-22-6-2-7-23-44)45-24-8-3-9-25-45/h1-38H. The molecule has 2 heteroatoms. The Morgan fingerprint density at radius 3 is 1.56 bits per heavy atom. The van der Waals surface area contributed by atoms with Gasteiger partial charge in [-0.2, -0.15) is 0 Å². The monoisotopic (exact) mass is 774 g/mol. The van der Waals surface area contributed by atoms with Crippen LogP contribution >= 0.6 is 0 Å². The van der Waals surface area contributed by atoms with Crippen LogP contribution in [0.1, 0.15) is 22.3 Å². The van der Waals surface area contributed by atoms with Gasteiger partial charge in [0.15, 0.2) is 5.82 Å². The first kappa shape index (κ1) is 35.0. The van der Waals surface area contributed by atoms with E-state index in [4.69, 9.17) is 9.97 Å². The summed E-state index contributed by atoms with van der Waals surface area (Å²) in [6.07, 6.45) is 0. The largest absolute Gasteiger partial charge is 0.228 e. The molecule has 0 spiro atoms. The first-order valence-corrected chi connectivity index (χ1v) is 21.0. The third-order valence-corrected chi connectivity index (χ3v) is 12.8. The molecule has 1 aliphatic rings. The maximum absolute atomic E-state index is 5.36. The van der Waals surface area contributed by atoms with Crippen LogP contribution in [0.4, 0.5) is 0 Å². The third-order valence-electron chi connectivity index (χ3n) is 12.8. The molecule has 2 nitrogen and oxygen atoms in total. The SMILES string of the molecule is c1ccc(-c2cc(-c3ccc4ccccc4c3)nc(-c3ccc(-c4cccc5c4-c4c(ccc6ccccc46)C5(c4ccccc4)c4ccccc4)c4ccccc34)n2)cc1. The van der Waals surface area contributed by atoms with Gasteiger partial charge in [-0.05, 0) is 95.0 Å². The van der Waals surface area contributed by atoms with Crippen LogP contribution in [-0.4, -0.2) is 9.97 Å². The summed E-state index contributed by atoms with van der Waals surface area (Å²) in [4.78, 5) is 10.7. The number of rotatable bonds is 6. The molecule has 1 aliphatic carbocycles. The summed E-state index contributed by atoms with van der Waals surface area (Å²) in [5.41, 5.74) is 14.5. The topological polar surface area (TPSA) is 25.8 Å². The summed E-state index contributed by atoms with van der Waals surface area (Å²) in [6, 6.07) is 83.6. The van der Waals surface area contributed by atoms with Crippen molar-refractivity contribution >= 4 is 32.3 Å². The predicted molar refractivity (Wildman–Crippen MR) is 254 cm³/mol. The van der Waals surface area contributed by atoms with E-state index in [-0.39, 0.29) is 0 Å². The van der Waals surface area contributed by atoms with E-state index in [1.54, 1.807) is 0 Å². The molecule has 0 radical (unpaired) electrons. The number of benzene rings is 10. The predicted octanol–water partition coefficient (Wildman–Crippen LogP) is 15.0. The maximum Gasteiger partial charge on any atom is 0.161 e. The van der Waals surface area contributed by atoms with Gasteiger partial charge in [0.05, 0.1) is 16.8 Å². The highest BCUT2D eigenvalue weighted by molar-refractivity contribution is 6.12. The highest BCUT2D eigenvalue weighted by Crippen LogP contribution is 2.60. The molecule has 0 fully saturated rings. The number of nitrogens with zero attached hydrogens (tertiary/aromatic N) is 2. The van der Waals surface area contributed by atoms with Gasteiger partial charge in [0.1, 0.15) is 0 Å². The lowest BCUT2D eigenvalue weighted by molar-refractivity contribution is 0.769. The lowest BCUT2D eigenvalue weighted by atomic mass is 9.67. The minimum Gasteiger partial charge on any atom is -0.228 e. The molecule has 0 N–H and O–H groups in total.